The normalized spacial score (nSPS) is 18.8. The van der Waals surface area contributed by atoms with Crippen LogP contribution < -0.4 is 5.32 Å². The number of amides is 1. The minimum atomic E-state index is -3.09. The van der Waals surface area contributed by atoms with Crippen LogP contribution in [0.3, 0.4) is 0 Å². The second kappa shape index (κ2) is 7.06. The molecule has 1 fully saturated rings. The third-order valence-corrected chi connectivity index (χ3v) is 4.32. The van der Waals surface area contributed by atoms with Crippen LogP contribution in [0.15, 0.2) is 0 Å². The van der Waals surface area contributed by atoms with Crippen LogP contribution in [0.2, 0.25) is 0 Å². The molecule has 0 radical (unpaired) electrons. The first-order chi connectivity index (χ1) is 8.43. The molecule has 106 valence electrons. The fraction of sp³-hybridized carbons (Fsp3) is 0.909. The van der Waals surface area contributed by atoms with Crippen LogP contribution >= 0.6 is 0 Å². The Morgan fingerprint density at radius 1 is 1.22 bits per heavy atom. The molecule has 0 atom stereocenters. The first-order valence-corrected chi connectivity index (χ1v) is 8.22. The number of sulfonamides is 1. The van der Waals surface area contributed by atoms with Crippen molar-refractivity contribution in [3.63, 3.8) is 0 Å². The number of hydrogen-bond donors (Lipinski definition) is 1. The molecule has 7 heteroatoms. The van der Waals surface area contributed by atoms with Gasteiger partial charge in [-0.25, -0.2) is 8.42 Å². The van der Waals surface area contributed by atoms with Crippen molar-refractivity contribution in [1.29, 1.82) is 0 Å². The van der Waals surface area contributed by atoms with Crippen molar-refractivity contribution >= 4 is 15.9 Å². The van der Waals surface area contributed by atoms with Crippen molar-refractivity contribution < 1.29 is 13.2 Å². The molecule has 0 aromatic rings. The third-order valence-electron chi connectivity index (χ3n) is 3.02. The molecule has 0 bridgehead atoms. The van der Waals surface area contributed by atoms with Crippen LogP contribution in [0.1, 0.15) is 19.8 Å². The molecule has 0 unspecified atom stereocenters. The summed E-state index contributed by atoms with van der Waals surface area (Å²) in [5.41, 5.74) is 0. The summed E-state index contributed by atoms with van der Waals surface area (Å²) in [4.78, 5) is 13.6. The van der Waals surface area contributed by atoms with Gasteiger partial charge in [0, 0.05) is 32.7 Å². The molecule has 0 aliphatic carbocycles. The number of carbonyl (C=O) groups is 1. The maximum atomic E-state index is 11.6. The number of nitrogens with one attached hydrogen (secondary N) is 1. The largest absolute Gasteiger partial charge is 0.355 e. The van der Waals surface area contributed by atoms with E-state index in [0.29, 0.717) is 32.7 Å². The second-order valence-corrected chi connectivity index (χ2v) is 6.62. The van der Waals surface area contributed by atoms with Gasteiger partial charge in [-0.15, -0.1) is 0 Å². The summed E-state index contributed by atoms with van der Waals surface area (Å²) in [6, 6.07) is 0. The van der Waals surface area contributed by atoms with Gasteiger partial charge in [0.15, 0.2) is 0 Å². The molecule has 1 aliphatic rings. The van der Waals surface area contributed by atoms with Crippen LogP contribution in [0.4, 0.5) is 0 Å². The van der Waals surface area contributed by atoms with E-state index in [2.05, 4.69) is 12.2 Å². The number of nitrogens with zero attached hydrogens (tertiary/aromatic N) is 2. The highest BCUT2D eigenvalue weighted by Crippen LogP contribution is 2.05. The molecule has 1 aliphatic heterocycles. The van der Waals surface area contributed by atoms with Crippen molar-refractivity contribution in [3.05, 3.63) is 0 Å². The Morgan fingerprint density at radius 2 is 1.83 bits per heavy atom. The molecule has 1 amide bonds. The summed E-state index contributed by atoms with van der Waals surface area (Å²) in [7, 11) is -3.09. The maximum Gasteiger partial charge on any atom is 0.234 e. The predicted octanol–water partition coefficient (Wildman–Crippen LogP) is -0.520. The van der Waals surface area contributed by atoms with Gasteiger partial charge in [0.05, 0.1) is 12.8 Å². The van der Waals surface area contributed by atoms with Crippen LogP contribution in [-0.4, -0.2) is 69.1 Å². The molecule has 1 N–H and O–H groups in total. The molecule has 18 heavy (non-hydrogen) atoms. The van der Waals surface area contributed by atoms with Crippen molar-refractivity contribution in [2.45, 2.75) is 19.8 Å². The molecule has 6 nitrogen and oxygen atoms in total. The molecule has 1 heterocycles. The number of unbranched alkanes of at least 4 members (excludes halogenated alkanes) is 1. The highest BCUT2D eigenvalue weighted by atomic mass is 32.2. The average molecular weight is 277 g/mol. The quantitative estimate of drug-likeness (QED) is 0.663. The first kappa shape index (κ1) is 15.4. The molecule has 0 spiro atoms. The highest BCUT2D eigenvalue weighted by Gasteiger charge is 2.24. The van der Waals surface area contributed by atoms with Crippen molar-refractivity contribution in [2.75, 3.05) is 45.5 Å². The van der Waals surface area contributed by atoms with Gasteiger partial charge in [0.25, 0.3) is 0 Å². The van der Waals surface area contributed by atoms with Crippen LogP contribution in [0.5, 0.6) is 0 Å². The molecular weight excluding hydrogens is 254 g/mol. The van der Waals surface area contributed by atoms with E-state index in [1.807, 2.05) is 4.90 Å². The number of piperazine rings is 1. The van der Waals surface area contributed by atoms with E-state index in [1.165, 1.54) is 10.6 Å². The summed E-state index contributed by atoms with van der Waals surface area (Å²) < 4.78 is 24.1. The van der Waals surface area contributed by atoms with E-state index in [1.54, 1.807) is 0 Å². The highest BCUT2D eigenvalue weighted by molar-refractivity contribution is 7.88. The predicted molar refractivity (Wildman–Crippen MR) is 70.8 cm³/mol. The fourth-order valence-corrected chi connectivity index (χ4v) is 2.71. The monoisotopic (exact) mass is 277 g/mol. The van der Waals surface area contributed by atoms with Gasteiger partial charge in [0.2, 0.25) is 15.9 Å². The third kappa shape index (κ3) is 5.32. The van der Waals surface area contributed by atoms with Gasteiger partial charge in [-0.1, -0.05) is 13.3 Å². The summed E-state index contributed by atoms with van der Waals surface area (Å²) in [5, 5.41) is 2.86. The van der Waals surface area contributed by atoms with E-state index in [4.69, 9.17) is 0 Å². The Morgan fingerprint density at radius 3 is 2.33 bits per heavy atom. The number of carbonyl (C=O) groups excluding carboxylic acids is 1. The molecule has 0 aromatic heterocycles. The number of hydrogen-bond acceptors (Lipinski definition) is 4. The van der Waals surface area contributed by atoms with Crippen molar-refractivity contribution in [2.24, 2.45) is 0 Å². The van der Waals surface area contributed by atoms with Gasteiger partial charge in [-0.05, 0) is 6.42 Å². The summed E-state index contributed by atoms with van der Waals surface area (Å²) in [6.07, 6.45) is 3.28. The van der Waals surface area contributed by atoms with Gasteiger partial charge in [0.1, 0.15) is 0 Å². The lowest BCUT2D eigenvalue weighted by atomic mass is 10.3. The standard InChI is InChI=1S/C11H23N3O3S/c1-3-4-5-12-11(15)10-13-6-8-14(9-7-13)18(2,16)17/h3-10H2,1-2H3,(H,12,15). The van der Waals surface area contributed by atoms with E-state index < -0.39 is 10.0 Å². The lowest BCUT2D eigenvalue weighted by Gasteiger charge is -2.32. The zero-order valence-corrected chi connectivity index (χ0v) is 12.0. The fourth-order valence-electron chi connectivity index (χ4n) is 1.88. The van der Waals surface area contributed by atoms with Crippen LogP contribution in [-0.2, 0) is 14.8 Å². The Labute approximate surface area is 109 Å². The van der Waals surface area contributed by atoms with E-state index in [9.17, 15) is 13.2 Å². The van der Waals surface area contributed by atoms with Gasteiger partial charge in [-0.3, -0.25) is 9.69 Å². The molecule has 0 aromatic carbocycles. The van der Waals surface area contributed by atoms with E-state index in [0.717, 1.165) is 19.4 Å². The van der Waals surface area contributed by atoms with Crippen molar-refractivity contribution in [3.8, 4) is 0 Å². The van der Waals surface area contributed by atoms with Crippen LogP contribution in [0, 0.1) is 0 Å². The zero-order chi connectivity index (χ0) is 13.6. The Hall–Kier alpha value is -0.660. The summed E-state index contributed by atoms with van der Waals surface area (Å²) in [6.45, 7) is 5.35. The van der Waals surface area contributed by atoms with E-state index >= 15 is 0 Å². The average Bonchev–Trinajstić information content (AvgIpc) is 2.29. The summed E-state index contributed by atoms with van der Waals surface area (Å²) in [5.74, 6) is 0.0243. The first-order valence-electron chi connectivity index (χ1n) is 6.37. The maximum absolute atomic E-state index is 11.6. The second-order valence-electron chi connectivity index (χ2n) is 4.64. The number of rotatable bonds is 6. The minimum absolute atomic E-state index is 0.0243. The molecule has 0 saturated carbocycles. The van der Waals surface area contributed by atoms with Gasteiger partial charge in [-0.2, -0.15) is 4.31 Å². The topological polar surface area (TPSA) is 69.7 Å². The van der Waals surface area contributed by atoms with Gasteiger partial charge < -0.3 is 5.32 Å². The summed E-state index contributed by atoms with van der Waals surface area (Å²) >= 11 is 0. The van der Waals surface area contributed by atoms with Crippen molar-refractivity contribution in [1.82, 2.24) is 14.5 Å². The van der Waals surface area contributed by atoms with Gasteiger partial charge >= 0.3 is 0 Å². The Balaban J connectivity index is 2.25. The molecular formula is C11H23N3O3S. The lowest BCUT2D eigenvalue weighted by Crippen LogP contribution is -2.50. The Kier molecular flexibility index (Phi) is 6.04. The minimum Gasteiger partial charge on any atom is -0.355 e. The zero-order valence-electron chi connectivity index (χ0n) is 11.2. The molecule has 1 rings (SSSR count). The SMILES string of the molecule is CCCCNC(=O)CN1CCN(S(C)(=O)=O)CC1. The Bertz CT molecular complexity index is 362. The van der Waals surface area contributed by atoms with Crippen LogP contribution in [0.25, 0.3) is 0 Å². The van der Waals surface area contributed by atoms with E-state index in [-0.39, 0.29) is 5.91 Å². The lowest BCUT2D eigenvalue weighted by molar-refractivity contribution is -0.122. The molecule has 1 saturated heterocycles. The smallest absolute Gasteiger partial charge is 0.234 e.